The normalized spacial score (nSPS) is 12.3. The Kier molecular flexibility index (Phi) is 6.25. The van der Waals surface area contributed by atoms with Gasteiger partial charge in [-0.1, -0.05) is 22.0 Å². The van der Waals surface area contributed by atoms with Crippen molar-refractivity contribution in [2.24, 2.45) is 0 Å². The maximum Gasteiger partial charge on any atom is 0.248 e. The third-order valence-electron chi connectivity index (χ3n) is 3.59. The molecule has 1 N–H and O–H groups in total. The predicted molar refractivity (Wildman–Crippen MR) is 103 cm³/mol. The van der Waals surface area contributed by atoms with Gasteiger partial charge in [-0.3, -0.25) is 9.10 Å². The second-order valence-electron chi connectivity index (χ2n) is 5.55. The molecule has 0 aliphatic carbocycles. The van der Waals surface area contributed by atoms with E-state index < -0.39 is 27.8 Å². The van der Waals surface area contributed by atoms with E-state index in [0.717, 1.165) is 10.6 Å². The summed E-state index contributed by atoms with van der Waals surface area (Å²) in [5, 5.41) is 2.42. The molecule has 2 aromatic carbocycles. The van der Waals surface area contributed by atoms with Crippen molar-refractivity contribution in [3.8, 4) is 5.75 Å². The summed E-state index contributed by atoms with van der Waals surface area (Å²) in [5.74, 6) is -0.852. The van der Waals surface area contributed by atoms with Gasteiger partial charge in [0.25, 0.3) is 0 Å². The summed E-state index contributed by atoms with van der Waals surface area (Å²) in [4.78, 5) is 12.5. The summed E-state index contributed by atoms with van der Waals surface area (Å²) in [7, 11) is -2.33. The second kappa shape index (κ2) is 8.05. The molecule has 2 aromatic rings. The van der Waals surface area contributed by atoms with E-state index in [-0.39, 0.29) is 11.4 Å². The smallest absolute Gasteiger partial charge is 0.248 e. The predicted octanol–water partition coefficient (Wildman–Crippen LogP) is 3.39. The van der Waals surface area contributed by atoms with Crippen molar-refractivity contribution in [2.75, 3.05) is 23.0 Å². The molecule has 1 amide bonds. The molecule has 0 bridgehead atoms. The number of nitrogens with zero attached hydrogens (tertiary/aromatic N) is 1. The SMILES string of the molecule is COc1cccc(N([C@@H](C)C(=O)Nc2ccc(Br)cc2F)S(C)(=O)=O)c1. The van der Waals surface area contributed by atoms with Crippen LogP contribution in [0.3, 0.4) is 0 Å². The zero-order valence-electron chi connectivity index (χ0n) is 14.4. The Morgan fingerprint density at radius 1 is 1.27 bits per heavy atom. The molecule has 0 heterocycles. The monoisotopic (exact) mass is 444 g/mol. The Morgan fingerprint density at radius 3 is 2.54 bits per heavy atom. The van der Waals surface area contributed by atoms with E-state index in [1.165, 1.54) is 32.2 Å². The minimum absolute atomic E-state index is 0.0378. The fourth-order valence-electron chi connectivity index (χ4n) is 2.38. The van der Waals surface area contributed by atoms with E-state index in [4.69, 9.17) is 4.74 Å². The number of hydrogen-bond donors (Lipinski definition) is 1. The average Bonchev–Trinajstić information content (AvgIpc) is 2.56. The minimum atomic E-state index is -3.78. The van der Waals surface area contributed by atoms with Crippen molar-refractivity contribution in [1.29, 1.82) is 0 Å². The summed E-state index contributed by atoms with van der Waals surface area (Å²) < 4.78 is 45.1. The number of amides is 1. The van der Waals surface area contributed by atoms with Crippen LogP contribution in [-0.2, 0) is 14.8 Å². The van der Waals surface area contributed by atoms with E-state index in [1.807, 2.05) is 0 Å². The van der Waals surface area contributed by atoms with Crippen LogP contribution in [0.5, 0.6) is 5.75 Å². The zero-order valence-corrected chi connectivity index (χ0v) is 16.8. The maximum absolute atomic E-state index is 13.9. The molecular formula is C17H18BrFN2O4S. The summed E-state index contributed by atoms with van der Waals surface area (Å²) in [6, 6.07) is 9.38. The van der Waals surface area contributed by atoms with Crippen molar-refractivity contribution < 1.29 is 22.3 Å². The van der Waals surface area contributed by atoms with Gasteiger partial charge in [0, 0.05) is 10.5 Å². The molecule has 0 aliphatic heterocycles. The van der Waals surface area contributed by atoms with Crippen LogP contribution in [0.2, 0.25) is 0 Å². The Labute approximate surface area is 160 Å². The molecule has 0 saturated carbocycles. The highest BCUT2D eigenvalue weighted by Crippen LogP contribution is 2.26. The van der Waals surface area contributed by atoms with Crippen molar-refractivity contribution in [1.82, 2.24) is 0 Å². The lowest BCUT2D eigenvalue weighted by Crippen LogP contribution is -2.45. The molecule has 0 unspecified atom stereocenters. The largest absolute Gasteiger partial charge is 0.497 e. The number of halogens is 2. The first-order valence-corrected chi connectivity index (χ1v) is 10.2. The molecule has 0 aliphatic rings. The van der Waals surface area contributed by atoms with E-state index in [0.29, 0.717) is 10.2 Å². The number of ether oxygens (including phenoxy) is 1. The van der Waals surface area contributed by atoms with Gasteiger partial charge in [-0.05, 0) is 37.3 Å². The number of benzene rings is 2. The highest BCUT2D eigenvalue weighted by molar-refractivity contribution is 9.10. The van der Waals surface area contributed by atoms with Gasteiger partial charge in [0.2, 0.25) is 15.9 Å². The highest BCUT2D eigenvalue weighted by atomic mass is 79.9. The lowest BCUT2D eigenvalue weighted by Gasteiger charge is -2.28. The summed E-state index contributed by atoms with van der Waals surface area (Å²) >= 11 is 3.13. The topological polar surface area (TPSA) is 75.7 Å². The van der Waals surface area contributed by atoms with E-state index in [9.17, 15) is 17.6 Å². The van der Waals surface area contributed by atoms with Crippen LogP contribution < -0.4 is 14.4 Å². The average molecular weight is 445 g/mol. The fraction of sp³-hybridized carbons (Fsp3) is 0.235. The number of methoxy groups -OCH3 is 1. The van der Waals surface area contributed by atoms with Crippen molar-refractivity contribution in [2.45, 2.75) is 13.0 Å². The lowest BCUT2D eigenvalue weighted by atomic mass is 10.2. The first-order chi connectivity index (χ1) is 12.1. The number of anilines is 2. The lowest BCUT2D eigenvalue weighted by molar-refractivity contribution is -0.116. The van der Waals surface area contributed by atoms with Gasteiger partial charge in [0.05, 0.1) is 24.7 Å². The minimum Gasteiger partial charge on any atom is -0.497 e. The second-order valence-corrected chi connectivity index (χ2v) is 8.32. The Hall–Kier alpha value is -2.13. The third kappa shape index (κ3) is 4.73. The van der Waals surface area contributed by atoms with Crippen LogP contribution in [0.4, 0.5) is 15.8 Å². The van der Waals surface area contributed by atoms with Crippen LogP contribution in [0, 0.1) is 5.82 Å². The van der Waals surface area contributed by atoms with Gasteiger partial charge in [-0.2, -0.15) is 0 Å². The van der Waals surface area contributed by atoms with Crippen LogP contribution in [-0.4, -0.2) is 33.7 Å². The molecule has 0 fully saturated rings. The first-order valence-electron chi connectivity index (χ1n) is 7.53. The van der Waals surface area contributed by atoms with Gasteiger partial charge >= 0.3 is 0 Å². The maximum atomic E-state index is 13.9. The molecule has 9 heteroatoms. The van der Waals surface area contributed by atoms with E-state index in [1.54, 1.807) is 24.3 Å². The van der Waals surface area contributed by atoms with Crippen LogP contribution >= 0.6 is 15.9 Å². The Morgan fingerprint density at radius 2 is 1.96 bits per heavy atom. The molecule has 2 rings (SSSR count). The number of sulfonamides is 1. The summed E-state index contributed by atoms with van der Waals surface area (Å²) in [6.07, 6.45) is 0.996. The van der Waals surface area contributed by atoms with Crippen LogP contribution in [0.1, 0.15) is 6.92 Å². The molecule has 0 spiro atoms. The highest BCUT2D eigenvalue weighted by Gasteiger charge is 2.29. The number of carbonyl (C=O) groups excluding carboxylic acids is 1. The summed E-state index contributed by atoms with van der Waals surface area (Å²) in [6.45, 7) is 1.42. The van der Waals surface area contributed by atoms with Crippen molar-refractivity contribution in [3.05, 3.63) is 52.8 Å². The number of hydrogen-bond acceptors (Lipinski definition) is 4. The number of nitrogens with one attached hydrogen (secondary N) is 1. The molecule has 0 radical (unpaired) electrons. The quantitative estimate of drug-likeness (QED) is 0.740. The molecule has 1 atom stereocenters. The van der Waals surface area contributed by atoms with Gasteiger partial charge in [0.1, 0.15) is 17.6 Å². The fourth-order valence-corrected chi connectivity index (χ4v) is 3.88. The number of carbonyl (C=O) groups is 1. The zero-order chi connectivity index (χ0) is 19.5. The van der Waals surface area contributed by atoms with Crippen LogP contribution in [0.15, 0.2) is 46.9 Å². The first kappa shape index (κ1) is 20.2. The van der Waals surface area contributed by atoms with Gasteiger partial charge in [-0.25, -0.2) is 12.8 Å². The molecule has 0 aromatic heterocycles. The molecule has 0 saturated heterocycles. The standard InChI is InChI=1S/C17H18BrFN2O4S/c1-11(17(22)20-16-8-7-12(18)9-15(16)19)21(26(3,23)24)13-5-4-6-14(10-13)25-2/h4-11H,1-3H3,(H,20,22)/t11-/m0/s1. The van der Waals surface area contributed by atoms with E-state index in [2.05, 4.69) is 21.2 Å². The van der Waals surface area contributed by atoms with Crippen LogP contribution in [0.25, 0.3) is 0 Å². The van der Waals surface area contributed by atoms with E-state index >= 15 is 0 Å². The van der Waals surface area contributed by atoms with Gasteiger partial charge in [-0.15, -0.1) is 0 Å². The molecular weight excluding hydrogens is 427 g/mol. The molecule has 6 nitrogen and oxygen atoms in total. The van der Waals surface area contributed by atoms with Gasteiger partial charge < -0.3 is 10.1 Å². The number of rotatable bonds is 6. The molecule has 140 valence electrons. The third-order valence-corrected chi connectivity index (χ3v) is 5.32. The van der Waals surface area contributed by atoms with Gasteiger partial charge in [0.15, 0.2) is 0 Å². The molecule has 26 heavy (non-hydrogen) atoms. The summed E-state index contributed by atoms with van der Waals surface area (Å²) in [5.41, 5.74) is 0.231. The van der Waals surface area contributed by atoms with Crippen molar-refractivity contribution >= 4 is 43.2 Å². The Balaban J connectivity index is 2.34. The van der Waals surface area contributed by atoms with Crippen molar-refractivity contribution in [3.63, 3.8) is 0 Å². The Bertz CT molecular complexity index is 921.